The Labute approximate surface area is 88.9 Å². The van der Waals surface area contributed by atoms with E-state index in [4.69, 9.17) is 11.6 Å². The molecule has 1 N–H and O–H groups in total. The number of aromatic nitrogens is 2. The lowest BCUT2D eigenvalue weighted by Crippen LogP contribution is -2.15. The summed E-state index contributed by atoms with van der Waals surface area (Å²) in [7, 11) is 0. The highest BCUT2D eigenvalue weighted by atomic mass is 35.5. The maximum atomic E-state index is 5.68. The molecule has 1 aromatic rings. The van der Waals surface area contributed by atoms with E-state index in [1.54, 1.807) is 6.20 Å². The third kappa shape index (κ3) is 2.15. The van der Waals surface area contributed by atoms with Crippen LogP contribution in [0.5, 0.6) is 0 Å². The third-order valence-electron chi connectivity index (χ3n) is 2.98. The van der Waals surface area contributed by atoms with E-state index in [9.17, 15) is 0 Å². The molecule has 0 spiro atoms. The van der Waals surface area contributed by atoms with Crippen molar-refractivity contribution in [2.75, 3.05) is 11.9 Å². The first-order chi connectivity index (χ1) is 6.74. The van der Waals surface area contributed by atoms with Gasteiger partial charge in [0, 0.05) is 12.7 Å². The molecule has 2 rings (SSSR count). The van der Waals surface area contributed by atoms with Crippen LogP contribution in [0.3, 0.4) is 0 Å². The molecule has 1 aromatic heterocycles. The van der Waals surface area contributed by atoms with Gasteiger partial charge >= 0.3 is 0 Å². The lowest BCUT2D eigenvalue weighted by Gasteiger charge is -2.13. The van der Waals surface area contributed by atoms with Crippen LogP contribution in [0.15, 0.2) is 12.3 Å². The molecule has 1 saturated carbocycles. The molecule has 0 radical (unpaired) electrons. The van der Waals surface area contributed by atoms with E-state index >= 15 is 0 Å². The average molecular weight is 212 g/mol. The van der Waals surface area contributed by atoms with Crippen molar-refractivity contribution in [2.45, 2.75) is 26.2 Å². The minimum absolute atomic E-state index is 0.302. The van der Waals surface area contributed by atoms with E-state index in [1.807, 2.05) is 6.07 Å². The van der Waals surface area contributed by atoms with Gasteiger partial charge in [0.25, 0.3) is 0 Å². The topological polar surface area (TPSA) is 37.8 Å². The summed E-state index contributed by atoms with van der Waals surface area (Å²) in [5.41, 5.74) is 0.525. The molecule has 14 heavy (non-hydrogen) atoms. The first kappa shape index (κ1) is 9.71. The van der Waals surface area contributed by atoms with Gasteiger partial charge in [-0.15, -0.1) is 0 Å². The summed E-state index contributed by atoms with van der Waals surface area (Å²) in [4.78, 5) is 7.92. The Hall–Kier alpha value is -0.830. The number of hydrogen-bond donors (Lipinski definition) is 1. The third-order valence-corrected chi connectivity index (χ3v) is 3.16. The molecule has 1 fully saturated rings. The average Bonchev–Trinajstić information content (AvgIpc) is 2.96. The molecule has 0 amide bonds. The Kier molecular flexibility index (Phi) is 2.59. The number of nitrogens with one attached hydrogen (secondary N) is 1. The summed E-state index contributed by atoms with van der Waals surface area (Å²) < 4.78 is 0. The fourth-order valence-electron chi connectivity index (χ4n) is 1.54. The molecule has 0 aromatic carbocycles. The molecule has 1 aliphatic rings. The molecule has 0 bridgehead atoms. The van der Waals surface area contributed by atoms with Crippen LogP contribution in [0, 0.1) is 5.41 Å². The molecule has 1 aliphatic carbocycles. The van der Waals surface area contributed by atoms with E-state index < -0.39 is 0 Å². The number of anilines is 1. The summed E-state index contributed by atoms with van der Waals surface area (Å²) in [5, 5.41) is 3.61. The number of nitrogens with zero attached hydrogens (tertiary/aromatic N) is 2. The molecular weight excluding hydrogens is 198 g/mol. The zero-order valence-corrected chi connectivity index (χ0v) is 9.01. The molecule has 0 atom stereocenters. The van der Waals surface area contributed by atoms with Crippen LogP contribution in [0.25, 0.3) is 0 Å². The summed E-state index contributed by atoms with van der Waals surface area (Å²) >= 11 is 5.68. The summed E-state index contributed by atoms with van der Waals surface area (Å²) in [6, 6.07) is 1.84. The molecule has 4 heteroatoms. The number of hydrogen-bond acceptors (Lipinski definition) is 3. The van der Waals surface area contributed by atoms with Gasteiger partial charge in [0.15, 0.2) is 0 Å². The monoisotopic (exact) mass is 211 g/mol. The molecule has 3 nitrogen and oxygen atoms in total. The van der Waals surface area contributed by atoms with Gasteiger partial charge in [0.05, 0.1) is 0 Å². The highest BCUT2D eigenvalue weighted by Crippen LogP contribution is 2.48. The van der Waals surface area contributed by atoms with Gasteiger partial charge in [-0.3, -0.25) is 0 Å². The van der Waals surface area contributed by atoms with Crippen LogP contribution >= 0.6 is 11.6 Å². The predicted octanol–water partition coefficient (Wildman–Crippen LogP) is 2.73. The molecule has 76 valence electrons. The standard InChI is InChI=1S/C10H14ClN3/c1-2-10(4-5-10)7-13-8-3-6-12-9(11)14-8/h3,6H,2,4-5,7H2,1H3,(H,12,13,14). The van der Waals surface area contributed by atoms with Crippen LogP contribution in [-0.2, 0) is 0 Å². The van der Waals surface area contributed by atoms with Gasteiger partial charge in [-0.2, -0.15) is 0 Å². The lowest BCUT2D eigenvalue weighted by molar-refractivity contribution is 0.520. The van der Waals surface area contributed by atoms with Crippen molar-refractivity contribution in [1.82, 2.24) is 9.97 Å². The minimum atomic E-state index is 0.302. The van der Waals surface area contributed by atoms with Gasteiger partial charge in [0.2, 0.25) is 5.28 Å². The predicted molar refractivity (Wildman–Crippen MR) is 57.5 cm³/mol. The van der Waals surface area contributed by atoms with Crippen molar-refractivity contribution in [1.29, 1.82) is 0 Å². The Balaban J connectivity index is 1.92. The van der Waals surface area contributed by atoms with E-state index in [-0.39, 0.29) is 0 Å². The largest absolute Gasteiger partial charge is 0.369 e. The van der Waals surface area contributed by atoms with Crippen LogP contribution in [0.4, 0.5) is 5.82 Å². The Morgan fingerprint density at radius 2 is 2.36 bits per heavy atom. The molecule has 1 heterocycles. The minimum Gasteiger partial charge on any atom is -0.369 e. The Morgan fingerprint density at radius 3 is 2.93 bits per heavy atom. The van der Waals surface area contributed by atoms with Crippen LogP contribution in [0.2, 0.25) is 5.28 Å². The van der Waals surface area contributed by atoms with Crippen molar-refractivity contribution < 1.29 is 0 Å². The van der Waals surface area contributed by atoms with Crippen molar-refractivity contribution in [3.8, 4) is 0 Å². The quantitative estimate of drug-likeness (QED) is 0.779. The Bertz CT molecular complexity index is 323. The summed E-state index contributed by atoms with van der Waals surface area (Å²) in [6.07, 6.45) is 5.56. The first-order valence-corrected chi connectivity index (χ1v) is 5.34. The molecule has 0 aliphatic heterocycles. The van der Waals surface area contributed by atoms with Gasteiger partial charge in [0.1, 0.15) is 5.82 Å². The Morgan fingerprint density at radius 1 is 1.57 bits per heavy atom. The zero-order chi connectivity index (χ0) is 10.0. The maximum Gasteiger partial charge on any atom is 0.224 e. The normalized spacial score (nSPS) is 17.9. The second-order valence-electron chi connectivity index (χ2n) is 3.92. The lowest BCUT2D eigenvalue weighted by atomic mass is 10.0. The second-order valence-corrected chi connectivity index (χ2v) is 4.26. The fraction of sp³-hybridized carbons (Fsp3) is 0.600. The van der Waals surface area contributed by atoms with Crippen LogP contribution in [0.1, 0.15) is 26.2 Å². The van der Waals surface area contributed by atoms with Crippen molar-refractivity contribution >= 4 is 17.4 Å². The van der Waals surface area contributed by atoms with E-state index in [2.05, 4.69) is 22.2 Å². The van der Waals surface area contributed by atoms with E-state index in [1.165, 1.54) is 19.3 Å². The SMILES string of the molecule is CCC1(CNc2ccnc(Cl)n2)CC1. The number of halogens is 1. The second kappa shape index (κ2) is 3.73. The van der Waals surface area contributed by atoms with Crippen molar-refractivity contribution in [3.05, 3.63) is 17.5 Å². The number of rotatable bonds is 4. The molecular formula is C10H14ClN3. The van der Waals surface area contributed by atoms with Crippen LogP contribution in [-0.4, -0.2) is 16.5 Å². The smallest absolute Gasteiger partial charge is 0.224 e. The van der Waals surface area contributed by atoms with E-state index in [0.29, 0.717) is 10.7 Å². The molecule has 0 saturated heterocycles. The van der Waals surface area contributed by atoms with E-state index in [0.717, 1.165) is 12.4 Å². The maximum absolute atomic E-state index is 5.68. The van der Waals surface area contributed by atoms with Crippen molar-refractivity contribution in [3.63, 3.8) is 0 Å². The highest BCUT2D eigenvalue weighted by Gasteiger charge is 2.40. The first-order valence-electron chi connectivity index (χ1n) is 4.96. The van der Waals surface area contributed by atoms with Gasteiger partial charge in [-0.1, -0.05) is 6.92 Å². The van der Waals surface area contributed by atoms with Gasteiger partial charge in [-0.25, -0.2) is 9.97 Å². The summed E-state index contributed by atoms with van der Waals surface area (Å²) in [6.45, 7) is 3.23. The fourth-order valence-corrected chi connectivity index (χ4v) is 1.69. The van der Waals surface area contributed by atoms with Crippen molar-refractivity contribution in [2.24, 2.45) is 5.41 Å². The highest BCUT2D eigenvalue weighted by molar-refractivity contribution is 6.28. The zero-order valence-electron chi connectivity index (χ0n) is 8.26. The van der Waals surface area contributed by atoms with Crippen LogP contribution < -0.4 is 5.32 Å². The van der Waals surface area contributed by atoms with Gasteiger partial charge < -0.3 is 5.32 Å². The molecule has 0 unspecified atom stereocenters. The summed E-state index contributed by atoms with van der Waals surface area (Å²) in [5.74, 6) is 0.824. The van der Waals surface area contributed by atoms with Gasteiger partial charge in [-0.05, 0) is 42.3 Å².